The van der Waals surface area contributed by atoms with E-state index in [1.54, 1.807) is 0 Å². The second-order valence-electron chi connectivity index (χ2n) is 6.00. The molecule has 3 rings (SSSR count). The summed E-state index contributed by atoms with van der Waals surface area (Å²) in [5.41, 5.74) is 1.41. The number of nitrogens with one attached hydrogen (secondary N) is 1. The molecule has 1 aromatic rings. The molecule has 4 unspecified atom stereocenters. The van der Waals surface area contributed by atoms with Crippen LogP contribution in [0.2, 0.25) is 5.02 Å². The van der Waals surface area contributed by atoms with Crippen LogP contribution in [0.25, 0.3) is 0 Å². The molecule has 0 bridgehead atoms. The second-order valence-corrected chi connectivity index (χ2v) is 6.43. The standard InChI is InChI=1S/C16H23ClN2/c1-3-16(12-4-6-14(17)7-5-12)19-10-13-8-18-9-15(13)11(19)2/h4-7,11,13,15-16,18H,3,8-10H2,1-2H3. The zero-order chi connectivity index (χ0) is 13.4. The summed E-state index contributed by atoms with van der Waals surface area (Å²) in [6.07, 6.45) is 1.17. The molecule has 1 aromatic carbocycles. The topological polar surface area (TPSA) is 15.3 Å². The Morgan fingerprint density at radius 1 is 1.32 bits per heavy atom. The number of hydrogen-bond donors (Lipinski definition) is 1. The second kappa shape index (κ2) is 5.43. The number of nitrogens with zero attached hydrogens (tertiary/aromatic N) is 1. The van der Waals surface area contributed by atoms with Crippen LogP contribution in [-0.2, 0) is 0 Å². The van der Waals surface area contributed by atoms with Crippen molar-refractivity contribution in [2.24, 2.45) is 11.8 Å². The number of halogens is 1. The average Bonchev–Trinajstić information content (AvgIpc) is 2.97. The summed E-state index contributed by atoms with van der Waals surface area (Å²) >= 11 is 6.00. The van der Waals surface area contributed by atoms with Crippen LogP contribution >= 0.6 is 11.6 Å². The van der Waals surface area contributed by atoms with Crippen molar-refractivity contribution in [3.05, 3.63) is 34.9 Å². The SMILES string of the molecule is CCC(c1ccc(Cl)cc1)N1CC2CNCC2C1C. The van der Waals surface area contributed by atoms with Crippen LogP contribution in [-0.4, -0.2) is 30.6 Å². The Kier molecular flexibility index (Phi) is 3.84. The van der Waals surface area contributed by atoms with Gasteiger partial charge in [-0.05, 0) is 56.0 Å². The molecular formula is C16H23ClN2. The van der Waals surface area contributed by atoms with Crippen LogP contribution in [0.4, 0.5) is 0 Å². The molecule has 2 saturated heterocycles. The van der Waals surface area contributed by atoms with Gasteiger partial charge in [-0.25, -0.2) is 0 Å². The molecule has 2 fully saturated rings. The molecule has 0 aliphatic carbocycles. The third kappa shape index (κ3) is 2.42. The molecule has 0 amide bonds. The van der Waals surface area contributed by atoms with Gasteiger partial charge in [0.1, 0.15) is 0 Å². The van der Waals surface area contributed by atoms with Crippen LogP contribution < -0.4 is 5.32 Å². The summed E-state index contributed by atoms with van der Waals surface area (Å²) in [6.45, 7) is 8.32. The average molecular weight is 279 g/mol. The van der Waals surface area contributed by atoms with Gasteiger partial charge in [-0.3, -0.25) is 4.90 Å². The minimum atomic E-state index is 0.540. The van der Waals surface area contributed by atoms with Crippen molar-refractivity contribution in [1.29, 1.82) is 0 Å². The van der Waals surface area contributed by atoms with Crippen molar-refractivity contribution < 1.29 is 0 Å². The molecule has 4 atom stereocenters. The first kappa shape index (κ1) is 13.4. The van der Waals surface area contributed by atoms with Crippen LogP contribution in [0.5, 0.6) is 0 Å². The van der Waals surface area contributed by atoms with E-state index in [1.807, 2.05) is 12.1 Å². The zero-order valence-electron chi connectivity index (χ0n) is 11.8. The third-order valence-electron chi connectivity index (χ3n) is 5.02. The van der Waals surface area contributed by atoms with E-state index in [2.05, 4.69) is 36.2 Å². The lowest BCUT2D eigenvalue weighted by Crippen LogP contribution is -2.36. The molecular weight excluding hydrogens is 256 g/mol. The predicted molar refractivity (Wildman–Crippen MR) is 80.5 cm³/mol. The zero-order valence-corrected chi connectivity index (χ0v) is 12.5. The Morgan fingerprint density at radius 3 is 2.68 bits per heavy atom. The normalized spacial score (nSPS) is 32.5. The highest BCUT2D eigenvalue weighted by Crippen LogP contribution is 2.39. The summed E-state index contributed by atoms with van der Waals surface area (Å²) in [5.74, 6) is 1.68. The number of rotatable bonds is 3. The third-order valence-corrected chi connectivity index (χ3v) is 5.27. The summed E-state index contributed by atoms with van der Waals surface area (Å²) < 4.78 is 0. The molecule has 2 aliphatic rings. The van der Waals surface area contributed by atoms with Gasteiger partial charge in [-0.1, -0.05) is 30.7 Å². The van der Waals surface area contributed by atoms with Crippen LogP contribution in [0.1, 0.15) is 31.9 Å². The minimum absolute atomic E-state index is 0.540. The van der Waals surface area contributed by atoms with Gasteiger partial charge in [0, 0.05) is 23.7 Å². The summed E-state index contributed by atoms with van der Waals surface area (Å²) in [7, 11) is 0. The lowest BCUT2D eigenvalue weighted by atomic mass is 9.95. The molecule has 2 aliphatic heterocycles. The minimum Gasteiger partial charge on any atom is -0.316 e. The van der Waals surface area contributed by atoms with Crippen LogP contribution in [0.3, 0.4) is 0 Å². The van der Waals surface area contributed by atoms with Gasteiger partial charge in [-0.2, -0.15) is 0 Å². The fraction of sp³-hybridized carbons (Fsp3) is 0.625. The number of hydrogen-bond acceptors (Lipinski definition) is 2. The Hall–Kier alpha value is -0.570. The Morgan fingerprint density at radius 2 is 2.05 bits per heavy atom. The predicted octanol–water partition coefficient (Wildman–Crippen LogP) is 3.33. The van der Waals surface area contributed by atoms with E-state index in [0.717, 1.165) is 16.9 Å². The van der Waals surface area contributed by atoms with Gasteiger partial charge in [-0.15, -0.1) is 0 Å². The van der Waals surface area contributed by atoms with E-state index in [9.17, 15) is 0 Å². The van der Waals surface area contributed by atoms with Gasteiger partial charge in [0.25, 0.3) is 0 Å². The van der Waals surface area contributed by atoms with Gasteiger partial charge in [0.2, 0.25) is 0 Å². The van der Waals surface area contributed by atoms with E-state index >= 15 is 0 Å². The van der Waals surface area contributed by atoms with E-state index in [-0.39, 0.29) is 0 Å². The number of benzene rings is 1. The maximum atomic E-state index is 6.00. The van der Waals surface area contributed by atoms with Crippen molar-refractivity contribution in [2.45, 2.75) is 32.4 Å². The van der Waals surface area contributed by atoms with Crippen LogP contribution in [0.15, 0.2) is 24.3 Å². The van der Waals surface area contributed by atoms with Gasteiger partial charge in [0.05, 0.1) is 0 Å². The fourth-order valence-corrected chi connectivity index (χ4v) is 4.08. The molecule has 0 radical (unpaired) electrons. The Balaban J connectivity index is 1.81. The summed E-state index contributed by atoms with van der Waals surface area (Å²) in [6, 6.07) is 9.63. The molecule has 2 nitrogen and oxygen atoms in total. The van der Waals surface area contributed by atoms with Crippen molar-refractivity contribution in [3.63, 3.8) is 0 Å². The monoisotopic (exact) mass is 278 g/mol. The first-order valence-electron chi connectivity index (χ1n) is 7.42. The molecule has 19 heavy (non-hydrogen) atoms. The summed E-state index contributed by atoms with van der Waals surface area (Å²) in [4.78, 5) is 2.71. The number of likely N-dealkylation sites (tertiary alicyclic amines) is 1. The summed E-state index contributed by atoms with van der Waals surface area (Å²) in [5, 5.41) is 4.36. The number of fused-ring (bicyclic) bond motifs is 1. The first-order valence-corrected chi connectivity index (χ1v) is 7.80. The van der Waals surface area contributed by atoms with E-state index < -0.39 is 0 Å². The van der Waals surface area contributed by atoms with Gasteiger partial charge >= 0.3 is 0 Å². The van der Waals surface area contributed by atoms with Crippen molar-refractivity contribution in [2.75, 3.05) is 19.6 Å². The smallest absolute Gasteiger partial charge is 0.0406 e. The van der Waals surface area contributed by atoms with Crippen molar-refractivity contribution in [1.82, 2.24) is 10.2 Å². The lowest BCUT2D eigenvalue weighted by Gasteiger charge is -2.33. The fourth-order valence-electron chi connectivity index (χ4n) is 3.96. The van der Waals surface area contributed by atoms with Crippen molar-refractivity contribution >= 4 is 11.6 Å². The van der Waals surface area contributed by atoms with Crippen LogP contribution in [0, 0.1) is 11.8 Å². The first-order chi connectivity index (χ1) is 9.20. The highest BCUT2D eigenvalue weighted by atomic mass is 35.5. The van der Waals surface area contributed by atoms with E-state index in [1.165, 1.54) is 31.6 Å². The maximum absolute atomic E-state index is 6.00. The lowest BCUT2D eigenvalue weighted by molar-refractivity contribution is 0.166. The Labute approximate surface area is 121 Å². The van der Waals surface area contributed by atoms with Gasteiger partial charge in [0.15, 0.2) is 0 Å². The van der Waals surface area contributed by atoms with E-state index in [4.69, 9.17) is 11.6 Å². The molecule has 104 valence electrons. The molecule has 3 heteroatoms. The Bertz CT molecular complexity index is 431. The van der Waals surface area contributed by atoms with E-state index in [0.29, 0.717) is 12.1 Å². The molecule has 1 N–H and O–H groups in total. The highest BCUT2D eigenvalue weighted by molar-refractivity contribution is 6.30. The highest BCUT2D eigenvalue weighted by Gasteiger charge is 2.43. The largest absolute Gasteiger partial charge is 0.316 e. The quantitative estimate of drug-likeness (QED) is 0.912. The molecule has 0 spiro atoms. The molecule has 0 aromatic heterocycles. The maximum Gasteiger partial charge on any atom is 0.0406 e. The van der Waals surface area contributed by atoms with Crippen molar-refractivity contribution in [3.8, 4) is 0 Å². The van der Waals surface area contributed by atoms with Gasteiger partial charge < -0.3 is 5.32 Å². The molecule has 2 heterocycles. The molecule has 0 saturated carbocycles.